The number of terminal acetylenes is 1. The monoisotopic (exact) mass is 642 g/mol. The van der Waals surface area contributed by atoms with Crippen LogP contribution < -0.4 is 19.7 Å². The van der Waals surface area contributed by atoms with Gasteiger partial charge in [0, 0.05) is 49.6 Å². The van der Waals surface area contributed by atoms with Crippen LogP contribution in [-0.4, -0.2) is 88.1 Å². The summed E-state index contributed by atoms with van der Waals surface area (Å²) in [6.45, 7) is 8.68. The van der Waals surface area contributed by atoms with Crippen LogP contribution in [0.1, 0.15) is 31.7 Å². The fraction of sp³-hybridized carbons (Fsp3) is 0.400. The number of fused-ring (bicyclic) bond motifs is 4. The van der Waals surface area contributed by atoms with Crippen LogP contribution in [0.4, 0.5) is 19.0 Å². The molecule has 47 heavy (non-hydrogen) atoms. The van der Waals surface area contributed by atoms with Crippen molar-refractivity contribution in [3.63, 3.8) is 0 Å². The summed E-state index contributed by atoms with van der Waals surface area (Å²) in [6.07, 6.45) is 6.43. The zero-order valence-corrected chi connectivity index (χ0v) is 25.8. The Hall–Kier alpha value is -4.60. The van der Waals surface area contributed by atoms with Crippen molar-refractivity contribution in [1.82, 2.24) is 25.2 Å². The first kappa shape index (κ1) is 29.8. The van der Waals surface area contributed by atoms with Crippen molar-refractivity contribution in [1.29, 1.82) is 0 Å². The third-order valence-electron chi connectivity index (χ3n) is 10.0. The van der Waals surface area contributed by atoms with E-state index >= 15 is 4.39 Å². The maximum absolute atomic E-state index is 17.0. The Bertz CT molecular complexity index is 2020. The number of nitrogens with one attached hydrogen (secondary N) is 1. The average molecular weight is 643 g/mol. The molecule has 0 unspecified atom stereocenters. The molecule has 0 amide bonds. The largest absolute Gasteiger partial charge is 0.508 e. The van der Waals surface area contributed by atoms with E-state index in [1.807, 2.05) is 0 Å². The van der Waals surface area contributed by atoms with E-state index in [-0.39, 0.29) is 76.0 Å². The summed E-state index contributed by atoms with van der Waals surface area (Å²) in [5.41, 5.74) is 0.0992. The van der Waals surface area contributed by atoms with E-state index in [0.717, 1.165) is 12.0 Å². The van der Waals surface area contributed by atoms with E-state index < -0.39 is 23.3 Å². The average Bonchev–Trinajstić information content (AvgIpc) is 3.45. The summed E-state index contributed by atoms with van der Waals surface area (Å²) in [7, 11) is 0. The van der Waals surface area contributed by atoms with Gasteiger partial charge in [-0.3, -0.25) is 4.90 Å². The zero-order chi connectivity index (χ0) is 32.6. The number of nitrogens with zero attached hydrogens (tertiary/aromatic N) is 5. The van der Waals surface area contributed by atoms with Gasteiger partial charge in [-0.25, -0.2) is 18.2 Å². The summed E-state index contributed by atoms with van der Waals surface area (Å²) in [5, 5.41) is 15.1. The van der Waals surface area contributed by atoms with Crippen molar-refractivity contribution in [3.8, 4) is 41.2 Å². The SMILES string of the molecule is C#Cc1c(F)ccc2cc(O)cc(-c3nc4c5c(nc(OC[C@]67CC(=C)CN6C[C@H](F)C7)nc5c3F)N3CCN[C@@H](CC)[C@H]3CO4)c12. The van der Waals surface area contributed by atoms with E-state index in [2.05, 4.69) is 44.5 Å². The number of piperazine rings is 1. The van der Waals surface area contributed by atoms with Crippen LogP contribution in [0, 0.1) is 24.0 Å². The van der Waals surface area contributed by atoms with Crippen molar-refractivity contribution in [3.05, 3.63) is 53.6 Å². The second-order valence-corrected chi connectivity index (χ2v) is 13.0. The van der Waals surface area contributed by atoms with Gasteiger partial charge in [0.05, 0.1) is 17.1 Å². The number of alkyl halides is 1. The maximum Gasteiger partial charge on any atom is 0.319 e. The molecule has 0 bridgehead atoms. The fourth-order valence-electron chi connectivity index (χ4n) is 8.00. The number of anilines is 1. The van der Waals surface area contributed by atoms with Gasteiger partial charge in [-0.05, 0) is 36.4 Å². The van der Waals surface area contributed by atoms with Crippen molar-refractivity contribution in [2.24, 2.45) is 0 Å². The molecule has 4 aliphatic rings. The van der Waals surface area contributed by atoms with Crippen LogP contribution in [0.25, 0.3) is 32.9 Å². The molecule has 4 atom stereocenters. The van der Waals surface area contributed by atoms with Gasteiger partial charge in [-0.1, -0.05) is 31.1 Å². The van der Waals surface area contributed by atoms with Crippen LogP contribution in [0.2, 0.25) is 0 Å². The summed E-state index contributed by atoms with van der Waals surface area (Å²) >= 11 is 0. The summed E-state index contributed by atoms with van der Waals surface area (Å²) < 4.78 is 59.1. The Morgan fingerprint density at radius 2 is 2.09 bits per heavy atom. The van der Waals surface area contributed by atoms with E-state index in [4.69, 9.17) is 20.9 Å². The molecule has 12 heteroatoms. The third-order valence-corrected chi connectivity index (χ3v) is 10.0. The Labute approximate surface area is 269 Å². The number of pyridine rings is 1. The number of ether oxygens (including phenoxy) is 2. The highest BCUT2D eigenvalue weighted by Crippen LogP contribution is 2.45. The molecule has 0 radical (unpaired) electrons. The minimum Gasteiger partial charge on any atom is -0.508 e. The lowest BCUT2D eigenvalue weighted by Gasteiger charge is -2.41. The van der Waals surface area contributed by atoms with Crippen LogP contribution in [0.15, 0.2) is 36.4 Å². The van der Waals surface area contributed by atoms with E-state index in [0.29, 0.717) is 50.2 Å². The lowest BCUT2D eigenvalue weighted by atomic mass is 9.93. The van der Waals surface area contributed by atoms with Gasteiger partial charge in [0.25, 0.3) is 0 Å². The summed E-state index contributed by atoms with van der Waals surface area (Å²) in [5.74, 6) is 1.22. The number of hydrogen-bond acceptors (Lipinski definition) is 9. The highest BCUT2D eigenvalue weighted by molar-refractivity contribution is 6.04. The van der Waals surface area contributed by atoms with Crippen LogP contribution in [0.5, 0.6) is 17.6 Å². The fourth-order valence-corrected chi connectivity index (χ4v) is 8.00. The molecule has 2 aromatic heterocycles. The molecular formula is C35H33F3N6O3. The Morgan fingerprint density at radius 3 is 2.89 bits per heavy atom. The van der Waals surface area contributed by atoms with Crippen molar-refractivity contribution in [2.45, 2.75) is 50.0 Å². The molecular weight excluding hydrogens is 609 g/mol. The molecule has 4 aromatic rings. The number of halogens is 3. The van der Waals surface area contributed by atoms with E-state index in [1.54, 1.807) is 0 Å². The molecule has 3 saturated heterocycles. The first-order chi connectivity index (χ1) is 22.7. The molecule has 0 aliphatic carbocycles. The first-order valence-corrected chi connectivity index (χ1v) is 15.8. The van der Waals surface area contributed by atoms with Gasteiger partial charge in [-0.2, -0.15) is 9.97 Å². The lowest BCUT2D eigenvalue weighted by Crippen LogP contribution is -2.60. The van der Waals surface area contributed by atoms with Crippen molar-refractivity contribution in [2.75, 3.05) is 44.3 Å². The molecule has 3 fully saturated rings. The molecule has 6 heterocycles. The highest BCUT2D eigenvalue weighted by atomic mass is 19.1. The molecule has 8 rings (SSSR count). The third kappa shape index (κ3) is 4.66. The molecule has 2 N–H and O–H groups in total. The van der Waals surface area contributed by atoms with Gasteiger partial charge < -0.3 is 24.8 Å². The molecule has 2 aromatic carbocycles. The number of benzene rings is 2. The number of aromatic hydroxyl groups is 1. The van der Waals surface area contributed by atoms with Crippen LogP contribution in [0.3, 0.4) is 0 Å². The second kappa shape index (κ2) is 11.0. The Balaban J connectivity index is 1.33. The number of aromatic nitrogens is 3. The quantitative estimate of drug-likeness (QED) is 0.233. The minimum atomic E-state index is -0.984. The topological polar surface area (TPSA) is 95.9 Å². The molecule has 0 spiro atoms. The first-order valence-electron chi connectivity index (χ1n) is 15.8. The smallest absolute Gasteiger partial charge is 0.319 e. The summed E-state index contributed by atoms with van der Waals surface area (Å²) in [6, 6.07) is 5.24. The number of hydrogen-bond donors (Lipinski definition) is 2. The van der Waals surface area contributed by atoms with Crippen LogP contribution >= 0.6 is 0 Å². The van der Waals surface area contributed by atoms with Gasteiger partial charge in [0.15, 0.2) is 5.82 Å². The Kier molecular flexibility index (Phi) is 6.97. The number of rotatable bonds is 5. The molecule has 9 nitrogen and oxygen atoms in total. The zero-order valence-electron chi connectivity index (χ0n) is 25.8. The maximum atomic E-state index is 17.0. The Morgan fingerprint density at radius 1 is 1.23 bits per heavy atom. The van der Waals surface area contributed by atoms with Gasteiger partial charge in [-0.15, -0.1) is 6.42 Å². The van der Waals surface area contributed by atoms with Crippen molar-refractivity contribution >= 4 is 27.5 Å². The highest BCUT2D eigenvalue weighted by Gasteiger charge is 2.51. The lowest BCUT2D eigenvalue weighted by molar-refractivity contribution is 0.107. The number of phenolic OH excluding ortho intramolecular Hbond substituents is 1. The predicted molar refractivity (Wildman–Crippen MR) is 172 cm³/mol. The molecule has 242 valence electrons. The summed E-state index contributed by atoms with van der Waals surface area (Å²) in [4.78, 5) is 18.2. The standard InChI is InChI=1S/C35H33F3N6O3/c1-4-22-24(37)7-6-19-10-21(45)11-23(27(19)22)30-29(38)31-28-32(44-9-8-39-25(5-2)26(44)16-46-33(28)40-30)42-34(41-31)47-17-35-12-18(3)14-43(35)15-20(36)13-35/h1,6-7,10-11,20,25-26,39,45H,3,5,8-9,12-17H2,2H3/t20-,25+,26-,35-/m1/s1. The minimum absolute atomic E-state index is 0.0601. The predicted octanol–water partition coefficient (Wildman–Crippen LogP) is 4.88. The normalized spacial score (nSPS) is 25.4. The van der Waals surface area contributed by atoms with E-state index in [1.165, 1.54) is 24.3 Å². The molecule has 4 aliphatic heterocycles. The van der Waals surface area contributed by atoms with Crippen molar-refractivity contribution < 1.29 is 27.8 Å². The van der Waals surface area contributed by atoms with Crippen LogP contribution in [-0.2, 0) is 0 Å². The van der Waals surface area contributed by atoms with Gasteiger partial charge in [0.2, 0.25) is 5.88 Å². The van der Waals surface area contributed by atoms with Gasteiger partial charge in [0.1, 0.15) is 53.4 Å². The second-order valence-electron chi connectivity index (χ2n) is 13.0. The molecule has 0 saturated carbocycles. The van der Waals surface area contributed by atoms with Gasteiger partial charge >= 0.3 is 6.01 Å². The number of phenols is 1. The van der Waals surface area contributed by atoms with E-state index in [9.17, 15) is 13.9 Å².